The molecule has 1 heterocycles. The normalized spacial score (nSPS) is 14.3. The summed E-state index contributed by atoms with van der Waals surface area (Å²) < 4.78 is 5.82. The molecule has 0 bridgehead atoms. The molecule has 0 aromatic heterocycles. The van der Waals surface area contributed by atoms with Crippen LogP contribution < -0.4 is 0 Å². The third-order valence-corrected chi connectivity index (χ3v) is 8.26. The van der Waals surface area contributed by atoms with Gasteiger partial charge in [0.25, 0.3) is 11.8 Å². The third kappa shape index (κ3) is 3.48. The zero-order chi connectivity index (χ0) is 26.6. The van der Waals surface area contributed by atoms with Crippen LogP contribution in [0.25, 0.3) is 43.1 Å². The molecule has 5 heteroatoms. The summed E-state index contributed by atoms with van der Waals surface area (Å²) in [6.45, 7) is 6.90. The first-order valence-electron chi connectivity index (χ1n) is 13.7. The van der Waals surface area contributed by atoms with Crippen LogP contribution in [0.1, 0.15) is 77.5 Å². The molecule has 1 atom stereocenters. The standard InChI is InChI=1S/C33H31NO4/c1-4-7-9-19(5-2)18-38-33(37)25-15-12-22-24-14-17-27-30-26(31(35)34(6-3)32(27)36)16-13-23(29(24)30)20-10-8-11-21(25)28(20)22/h8,10-17,19H,4-7,9,18H2,1-3H3. The molecule has 0 spiro atoms. The van der Waals surface area contributed by atoms with Gasteiger partial charge in [0.05, 0.1) is 12.2 Å². The van der Waals surface area contributed by atoms with Gasteiger partial charge >= 0.3 is 5.97 Å². The highest BCUT2D eigenvalue weighted by Gasteiger charge is 2.33. The molecular weight excluding hydrogens is 474 g/mol. The largest absolute Gasteiger partial charge is 0.462 e. The van der Waals surface area contributed by atoms with Crippen molar-refractivity contribution in [3.8, 4) is 0 Å². The average molecular weight is 506 g/mol. The second-order valence-corrected chi connectivity index (χ2v) is 10.3. The molecule has 0 radical (unpaired) electrons. The molecule has 1 unspecified atom stereocenters. The molecule has 1 aliphatic heterocycles. The summed E-state index contributed by atoms with van der Waals surface area (Å²) in [5, 5.41) is 7.44. The fraction of sp³-hybridized carbons (Fsp3) is 0.303. The van der Waals surface area contributed by atoms with Gasteiger partial charge in [0.1, 0.15) is 0 Å². The van der Waals surface area contributed by atoms with E-state index in [1.165, 1.54) is 4.90 Å². The lowest BCUT2D eigenvalue weighted by molar-refractivity contribution is 0.0430. The summed E-state index contributed by atoms with van der Waals surface area (Å²) in [5.74, 6) is -0.421. The second kappa shape index (κ2) is 9.39. The second-order valence-electron chi connectivity index (χ2n) is 10.3. The summed E-state index contributed by atoms with van der Waals surface area (Å²) in [6.07, 6.45) is 4.33. The van der Waals surface area contributed by atoms with Gasteiger partial charge in [-0.1, -0.05) is 69.5 Å². The lowest BCUT2D eigenvalue weighted by Crippen LogP contribution is -2.40. The van der Waals surface area contributed by atoms with Gasteiger partial charge in [0.2, 0.25) is 0 Å². The van der Waals surface area contributed by atoms with Gasteiger partial charge in [0, 0.05) is 23.1 Å². The number of imide groups is 1. The lowest BCUT2D eigenvalue weighted by atomic mass is 9.84. The van der Waals surface area contributed by atoms with Gasteiger partial charge in [-0.05, 0) is 75.2 Å². The van der Waals surface area contributed by atoms with Crippen molar-refractivity contribution in [1.82, 2.24) is 4.90 Å². The number of amides is 2. The first kappa shape index (κ1) is 24.4. The SMILES string of the molecule is CCCCC(CC)COC(=O)c1ccc2c3ccc4c5c(ccc(c6cccc1c62)c53)C(=O)N(CC)C4=O. The number of hydrogen-bond acceptors (Lipinski definition) is 4. The molecule has 0 saturated carbocycles. The number of ether oxygens (including phenoxy) is 1. The summed E-state index contributed by atoms with van der Waals surface area (Å²) in [7, 11) is 0. The van der Waals surface area contributed by atoms with Crippen molar-refractivity contribution >= 4 is 60.9 Å². The minimum absolute atomic E-state index is 0.250. The molecule has 0 fully saturated rings. The maximum atomic E-state index is 13.3. The van der Waals surface area contributed by atoms with Crippen LogP contribution in [0.3, 0.4) is 0 Å². The predicted molar refractivity (Wildman–Crippen MR) is 152 cm³/mol. The highest BCUT2D eigenvalue weighted by Crippen LogP contribution is 2.44. The Bertz CT molecular complexity index is 1680. The van der Waals surface area contributed by atoms with Gasteiger partial charge in [0.15, 0.2) is 0 Å². The van der Waals surface area contributed by atoms with Crippen LogP contribution in [-0.4, -0.2) is 35.8 Å². The first-order valence-corrected chi connectivity index (χ1v) is 13.7. The Morgan fingerprint density at radius 2 is 1.37 bits per heavy atom. The minimum Gasteiger partial charge on any atom is -0.462 e. The summed E-state index contributed by atoms with van der Waals surface area (Å²) in [5.41, 5.74) is 1.69. The number of rotatable bonds is 8. The Balaban J connectivity index is 1.54. The van der Waals surface area contributed by atoms with E-state index in [9.17, 15) is 14.4 Å². The van der Waals surface area contributed by atoms with Crippen molar-refractivity contribution in [2.24, 2.45) is 5.92 Å². The quantitative estimate of drug-likeness (QED) is 0.0937. The van der Waals surface area contributed by atoms with E-state index in [0.717, 1.165) is 68.8 Å². The van der Waals surface area contributed by atoms with Crippen molar-refractivity contribution in [3.05, 3.63) is 71.3 Å². The van der Waals surface area contributed by atoms with Crippen molar-refractivity contribution in [1.29, 1.82) is 0 Å². The number of esters is 1. The van der Waals surface area contributed by atoms with Crippen LogP contribution in [0.5, 0.6) is 0 Å². The van der Waals surface area contributed by atoms with E-state index in [0.29, 0.717) is 35.8 Å². The van der Waals surface area contributed by atoms with Gasteiger partial charge in [-0.2, -0.15) is 0 Å². The van der Waals surface area contributed by atoms with Gasteiger partial charge in [-0.15, -0.1) is 0 Å². The Morgan fingerprint density at radius 3 is 2.00 bits per heavy atom. The number of carbonyl (C=O) groups is 3. The summed E-state index contributed by atoms with van der Waals surface area (Å²) >= 11 is 0. The smallest absolute Gasteiger partial charge is 0.338 e. The fourth-order valence-electron chi connectivity index (χ4n) is 6.17. The minimum atomic E-state index is -0.296. The Labute approximate surface area is 221 Å². The predicted octanol–water partition coefficient (Wildman–Crippen LogP) is 7.73. The van der Waals surface area contributed by atoms with E-state index in [1.54, 1.807) is 0 Å². The Hall–Kier alpha value is -3.99. The molecule has 0 saturated heterocycles. The molecule has 0 aliphatic carbocycles. The number of nitrogens with zero attached hydrogens (tertiary/aromatic N) is 1. The number of benzene rings is 5. The molecule has 38 heavy (non-hydrogen) atoms. The monoisotopic (exact) mass is 505 g/mol. The molecule has 5 nitrogen and oxygen atoms in total. The molecule has 192 valence electrons. The van der Waals surface area contributed by atoms with Crippen molar-refractivity contribution in [2.75, 3.05) is 13.2 Å². The van der Waals surface area contributed by atoms with E-state index in [1.807, 2.05) is 55.5 Å². The molecule has 2 amide bonds. The molecule has 0 N–H and O–H groups in total. The average Bonchev–Trinajstić information content (AvgIpc) is 2.94. The molecule has 1 aliphatic rings. The molecule has 5 aromatic rings. The van der Waals surface area contributed by atoms with Crippen molar-refractivity contribution < 1.29 is 19.1 Å². The summed E-state index contributed by atoms with van der Waals surface area (Å²) in [4.78, 5) is 40.9. The fourth-order valence-corrected chi connectivity index (χ4v) is 6.17. The zero-order valence-corrected chi connectivity index (χ0v) is 22.1. The highest BCUT2D eigenvalue weighted by atomic mass is 16.5. The van der Waals surface area contributed by atoms with E-state index < -0.39 is 0 Å². The molecule has 5 aromatic carbocycles. The van der Waals surface area contributed by atoms with Crippen LogP contribution in [0.4, 0.5) is 0 Å². The lowest BCUT2D eigenvalue weighted by Gasteiger charge is -2.27. The van der Waals surface area contributed by atoms with Gasteiger partial charge < -0.3 is 4.74 Å². The topological polar surface area (TPSA) is 63.7 Å². The zero-order valence-electron chi connectivity index (χ0n) is 22.1. The van der Waals surface area contributed by atoms with Gasteiger partial charge in [-0.3, -0.25) is 14.5 Å². The van der Waals surface area contributed by atoms with Crippen molar-refractivity contribution in [2.45, 2.75) is 46.5 Å². The van der Waals surface area contributed by atoms with Crippen molar-refractivity contribution in [3.63, 3.8) is 0 Å². The third-order valence-electron chi connectivity index (χ3n) is 8.26. The van der Waals surface area contributed by atoms with E-state index in [-0.39, 0.29) is 17.8 Å². The summed E-state index contributed by atoms with van der Waals surface area (Å²) in [6, 6.07) is 17.5. The Morgan fingerprint density at radius 1 is 0.763 bits per heavy atom. The van der Waals surface area contributed by atoms with Crippen LogP contribution in [0.2, 0.25) is 0 Å². The van der Waals surface area contributed by atoms with E-state index >= 15 is 0 Å². The number of fused-ring (bicyclic) bond motifs is 2. The molecular formula is C33H31NO4. The van der Waals surface area contributed by atoms with Crippen LogP contribution in [0.15, 0.2) is 54.6 Å². The van der Waals surface area contributed by atoms with Gasteiger partial charge in [-0.25, -0.2) is 4.79 Å². The van der Waals surface area contributed by atoms with E-state index in [4.69, 9.17) is 4.74 Å². The van der Waals surface area contributed by atoms with Crippen LogP contribution >= 0.6 is 0 Å². The van der Waals surface area contributed by atoms with E-state index in [2.05, 4.69) is 19.9 Å². The maximum absolute atomic E-state index is 13.3. The number of unbranched alkanes of at least 4 members (excludes halogenated alkanes) is 1. The first-order chi connectivity index (χ1) is 18.5. The molecule has 6 rings (SSSR count). The Kier molecular flexibility index (Phi) is 6.02. The van der Waals surface area contributed by atoms with Crippen LogP contribution in [0, 0.1) is 5.92 Å². The maximum Gasteiger partial charge on any atom is 0.338 e. The number of hydrogen-bond donors (Lipinski definition) is 0. The highest BCUT2D eigenvalue weighted by molar-refractivity contribution is 6.38. The number of carbonyl (C=O) groups excluding carboxylic acids is 3. The van der Waals surface area contributed by atoms with Crippen LogP contribution in [-0.2, 0) is 4.74 Å².